The first kappa shape index (κ1) is 22.1. The second-order valence-corrected chi connectivity index (χ2v) is 7.88. The summed E-state index contributed by atoms with van der Waals surface area (Å²) in [6.07, 6.45) is 0. The van der Waals surface area contributed by atoms with Gasteiger partial charge < -0.3 is 11.1 Å². The van der Waals surface area contributed by atoms with Crippen LogP contribution in [0.15, 0.2) is 41.5 Å². The summed E-state index contributed by atoms with van der Waals surface area (Å²) in [5.74, 6) is -3.52. The summed E-state index contributed by atoms with van der Waals surface area (Å²) in [5, 5.41) is 6.39. The Hall–Kier alpha value is -3.59. The average Bonchev–Trinajstić information content (AvgIpc) is 2.95. The van der Waals surface area contributed by atoms with Gasteiger partial charge in [-0.1, -0.05) is 12.1 Å². The van der Waals surface area contributed by atoms with Crippen LogP contribution in [0.3, 0.4) is 0 Å². The quantitative estimate of drug-likeness (QED) is 0.292. The predicted molar refractivity (Wildman–Crippen MR) is 124 cm³/mol. The van der Waals surface area contributed by atoms with Crippen LogP contribution in [0.4, 0.5) is 11.4 Å². The van der Waals surface area contributed by atoms with E-state index in [4.69, 9.17) is 18.0 Å². The maximum absolute atomic E-state index is 13.2. The number of imide groups is 1. The van der Waals surface area contributed by atoms with E-state index in [1.54, 1.807) is 30.3 Å². The van der Waals surface area contributed by atoms with Crippen LogP contribution in [0.25, 0.3) is 0 Å². The Morgan fingerprint density at radius 1 is 1.00 bits per heavy atom. The molecule has 0 saturated carbocycles. The third-order valence-electron chi connectivity index (χ3n) is 5.23. The molecule has 0 unspecified atom stereocenters. The van der Waals surface area contributed by atoms with Gasteiger partial charge >= 0.3 is 0 Å². The number of aryl methyl sites for hydroxylation is 4. The number of hydrogen-bond acceptors (Lipinski definition) is 5. The zero-order chi connectivity index (χ0) is 22.9. The van der Waals surface area contributed by atoms with Gasteiger partial charge in [-0.3, -0.25) is 19.8 Å². The van der Waals surface area contributed by atoms with E-state index in [9.17, 15) is 14.4 Å². The van der Waals surface area contributed by atoms with Crippen LogP contribution < -0.4 is 21.4 Å². The molecule has 3 amide bonds. The molecule has 160 valence electrons. The van der Waals surface area contributed by atoms with Gasteiger partial charge in [0, 0.05) is 5.69 Å². The molecule has 2 aromatic rings. The summed E-state index contributed by atoms with van der Waals surface area (Å²) in [7, 11) is 0. The molecule has 1 aliphatic heterocycles. The van der Waals surface area contributed by atoms with E-state index in [-0.39, 0.29) is 10.8 Å². The van der Waals surface area contributed by atoms with Crippen LogP contribution in [-0.2, 0) is 14.4 Å². The minimum Gasteiger partial charge on any atom is -0.375 e. The Balaban J connectivity index is 1.99. The van der Waals surface area contributed by atoms with E-state index in [0.29, 0.717) is 11.4 Å². The lowest BCUT2D eigenvalue weighted by atomic mass is 10.0. The molecule has 0 radical (unpaired) electrons. The van der Waals surface area contributed by atoms with Crippen molar-refractivity contribution in [1.29, 1.82) is 0 Å². The first-order chi connectivity index (χ1) is 14.6. The first-order valence-corrected chi connectivity index (χ1v) is 9.97. The normalized spacial score (nSPS) is 17.2. The third-order valence-corrected chi connectivity index (χ3v) is 5.33. The number of thiocarbonyl (C=S) groups is 1. The summed E-state index contributed by atoms with van der Waals surface area (Å²) < 4.78 is 0. The van der Waals surface area contributed by atoms with E-state index in [1.807, 2.05) is 33.8 Å². The fraction of sp³-hybridized carbons (Fsp3) is 0.227. The number of hydrogen-bond donors (Lipinski definition) is 3. The van der Waals surface area contributed by atoms with Crippen molar-refractivity contribution in [3.63, 3.8) is 0 Å². The van der Waals surface area contributed by atoms with Crippen LogP contribution in [0.2, 0.25) is 0 Å². The van der Waals surface area contributed by atoms with Gasteiger partial charge in [-0.25, -0.2) is 4.90 Å². The number of carbonyl (C=O) groups is 3. The number of carbonyl (C=O) groups excluding carboxylic acids is 3. The van der Waals surface area contributed by atoms with Gasteiger partial charge in [0.15, 0.2) is 11.0 Å². The lowest BCUT2D eigenvalue weighted by molar-refractivity contribution is -0.127. The maximum atomic E-state index is 13.2. The summed E-state index contributed by atoms with van der Waals surface area (Å²) in [4.78, 5) is 40.2. The lowest BCUT2D eigenvalue weighted by Crippen LogP contribution is -2.35. The lowest BCUT2D eigenvalue weighted by Gasteiger charge is -2.15. The largest absolute Gasteiger partial charge is 0.375 e. The highest BCUT2D eigenvalue weighted by Crippen LogP contribution is 2.28. The van der Waals surface area contributed by atoms with E-state index < -0.39 is 23.6 Å². The van der Waals surface area contributed by atoms with Gasteiger partial charge in [0.05, 0.1) is 5.69 Å². The molecule has 4 N–H and O–H groups in total. The number of hydrazone groups is 1. The van der Waals surface area contributed by atoms with Gasteiger partial charge in [-0.05, 0) is 86.4 Å². The number of nitrogens with zero attached hydrogens (tertiary/aromatic N) is 2. The number of amides is 3. The van der Waals surface area contributed by atoms with Gasteiger partial charge in [0.25, 0.3) is 11.8 Å². The minimum atomic E-state index is -1.45. The zero-order valence-electron chi connectivity index (χ0n) is 17.6. The van der Waals surface area contributed by atoms with E-state index >= 15 is 0 Å². The Morgan fingerprint density at radius 3 is 2.19 bits per heavy atom. The number of nitrogens with one attached hydrogen (secondary N) is 2. The summed E-state index contributed by atoms with van der Waals surface area (Å²) in [6.45, 7) is 7.66. The fourth-order valence-corrected chi connectivity index (χ4v) is 3.24. The van der Waals surface area contributed by atoms with Crippen molar-refractivity contribution < 1.29 is 14.4 Å². The molecule has 1 heterocycles. The topological polar surface area (TPSA) is 117 Å². The standard InChI is InChI=1S/C22H23N5O3S/c1-11-5-7-15(9-13(11)3)24-19(28)17-18(25-26-22(23)31)21(30)27(20(17)29)16-8-6-12(2)14(4)10-16/h5-10,17H,1-4H3,(H,24,28)(H3,23,26,31)/b25-18+/t17-/m0/s1. The number of rotatable bonds is 4. The van der Waals surface area contributed by atoms with Crippen molar-refractivity contribution in [3.8, 4) is 0 Å². The van der Waals surface area contributed by atoms with E-state index in [2.05, 4.69) is 15.8 Å². The zero-order valence-corrected chi connectivity index (χ0v) is 18.5. The van der Waals surface area contributed by atoms with Gasteiger partial charge in [-0.2, -0.15) is 5.10 Å². The van der Waals surface area contributed by atoms with Crippen LogP contribution in [-0.4, -0.2) is 28.5 Å². The van der Waals surface area contributed by atoms with E-state index in [0.717, 1.165) is 27.2 Å². The number of benzene rings is 2. The van der Waals surface area contributed by atoms with Crippen LogP contribution >= 0.6 is 12.2 Å². The number of anilines is 2. The smallest absolute Gasteiger partial charge is 0.282 e. The fourth-order valence-electron chi connectivity index (χ4n) is 3.19. The summed E-state index contributed by atoms with van der Waals surface area (Å²) in [6, 6.07) is 10.6. The summed E-state index contributed by atoms with van der Waals surface area (Å²) in [5.41, 5.74) is 12.3. The molecule has 1 atom stereocenters. The van der Waals surface area contributed by atoms with Gasteiger partial charge in [0.1, 0.15) is 5.71 Å². The molecular weight excluding hydrogens is 414 g/mol. The molecule has 8 nitrogen and oxygen atoms in total. The molecule has 0 spiro atoms. The Bertz CT molecular complexity index is 1140. The Morgan fingerprint density at radius 2 is 1.61 bits per heavy atom. The van der Waals surface area contributed by atoms with Crippen molar-refractivity contribution >= 4 is 52.1 Å². The third kappa shape index (κ3) is 4.46. The number of nitrogens with two attached hydrogens (primary N) is 1. The summed E-state index contributed by atoms with van der Waals surface area (Å²) >= 11 is 4.74. The van der Waals surface area contributed by atoms with Crippen LogP contribution in [0, 0.1) is 33.6 Å². The molecular formula is C22H23N5O3S. The van der Waals surface area contributed by atoms with E-state index in [1.165, 1.54) is 0 Å². The Labute approximate surface area is 185 Å². The van der Waals surface area contributed by atoms with Crippen LogP contribution in [0.1, 0.15) is 22.3 Å². The van der Waals surface area contributed by atoms with Crippen LogP contribution in [0.5, 0.6) is 0 Å². The highest BCUT2D eigenvalue weighted by Gasteiger charge is 2.50. The maximum Gasteiger partial charge on any atom is 0.282 e. The molecule has 1 fully saturated rings. The second kappa shape index (κ2) is 8.65. The molecule has 0 bridgehead atoms. The molecule has 1 saturated heterocycles. The first-order valence-electron chi connectivity index (χ1n) is 9.57. The van der Waals surface area contributed by atoms with Crippen molar-refractivity contribution in [2.24, 2.45) is 16.8 Å². The van der Waals surface area contributed by atoms with Crippen molar-refractivity contribution in [3.05, 3.63) is 58.7 Å². The predicted octanol–water partition coefficient (Wildman–Crippen LogP) is 2.24. The second-order valence-electron chi connectivity index (χ2n) is 7.44. The molecule has 3 rings (SSSR count). The van der Waals surface area contributed by atoms with Gasteiger partial charge in [0.2, 0.25) is 5.91 Å². The monoisotopic (exact) mass is 437 g/mol. The SMILES string of the molecule is Cc1ccc(NC(=O)[C@H]2C(=O)N(c3ccc(C)c(C)c3)C(=O)/C2=N/NC(N)=S)cc1C. The molecule has 0 aromatic heterocycles. The highest BCUT2D eigenvalue weighted by molar-refractivity contribution is 7.80. The molecule has 9 heteroatoms. The average molecular weight is 438 g/mol. The van der Waals surface area contributed by atoms with Crippen molar-refractivity contribution in [2.75, 3.05) is 10.2 Å². The molecule has 0 aliphatic carbocycles. The Kier molecular flexibility index (Phi) is 6.16. The van der Waals surface area contributed by atoms with Gasteiger partial charge in [-0.15, -0.1) is 0 Å². The highest BCUT2D eigenvalue weighted by atomic mass is 32.1. The molecule has 31 heavy (non-hydrogen) atoms. The van der Waals surface area contributed by atoms with Crippen molar-refractivity contribution in [2.45, 2.75) is 27.7 Å². The van der Waals surface area contributed by atoms with Crippen molar-refractivity contribution in [1.82, 2.24) is 5.43 Å². The molecule has 2 aromatic carbocycles. The molecule has 1 aliphatic rings. The minimum absolute atomic E-state index is 0.189.